The summed E-state index contributed by atoms with van der Waals surface area (Å²) in [5.74, 6) is -0.0179. The number of halogens is 1. The van der Waals surface area contributed by atoms with Gasteiger partial charge in [-0.05, 0) is 19.0 Å². The number of hydrogen-bond acceptors (Lipinski definition) is 4. The van der Waals surface area contributed by atoms with E-state index in [2.05, 4.69) is 15.6 Å². The van der Waals surface area contributed by atoms with E-state index in [0.29, 0.717) is 12.1 Å². The standard InChI is InChI=1S/C13H17FN4O/c1-19-12-5-2-4-11(13(12)14)10-15-6-3-8-18-9-7-16-17-18/h2,4-5,7,9,15H,3,6,8,10H2,1H3. The molecule has 1 heterocycles. The number of nitrogens with one attached hydrogen (secondary N) is 1. The van der Waals surface area contributed by atoms with Crippen molar-refractivity contribution < 1.29 is 9.13 Å². The van der Waals surface area contributed by atoms with Gasteiger partial charge in [0.05, 0.1) is 13.3 Å². The summed E-state index contributed by atoms with van der Waals surface area (Å²) < 4.78 is 20.5. The van der Waals surface area contributed by atoms with Gasteiger partial charge >= 0.3 is 0 Å². The second kappa shape index (κ2) is 6.84. The molecule has 0 saturated carbocycles. The number of ether oxygens (including phenoxy) is 1. The van der Waals surface area contributed by atoms with Gasteiger partial charge in [-0.3, -0.25) is 4.68 Å². The molecular formula is C13H17FN4O. The van der Waals surface area contributed by atoms with E-state index in [4.69, 9.17) is 4.74 Å². The molecule has 0 atom stereocenters. The molecule has 0 bridgehead atoms. The number of aryl methyl sites for hydroxylation is 1. The van der Waals surface area contributed by atoms with Gasteiger partial charge in [-0.2, -0.15) is 0 Å². The van der Waals surface area contributed by atoms with Crippen molar-refractivity contribution >= 4 is 0 Å². The number of aromatic nitrogens is 3. The number of benzene rings is 1. The van der Waals surface area contributed by atoms with Gasteiger partial charge in [-0.15, -0.1) is 5.10 Å². The lowest BCUT2D eigenvalue weighted by Crippen LogP contribution is -2.17. The van der Waals surface area contributed by atoms with Crippen molar-refractivity contribution in [3.63, 3.8) is 0 Å². The van der Waals surface area contributed by atoms with Crippen molar-refractivity contribution in [1.82, 2.24) is 20.3 Å². The lowest BCUT2D eigenvalue weighted by Gasteiger charge is -2.08. The molecule has 1 aromatic heterocycles. The zero-order valence-electron chi connectivity index (χ0n) is 10.8. The molecule has 5 nitrogen and oxygen atoms in total. The van der Waals surface area contributed by atoms with Crippen LogP contribution in [0.1, 0.15) is 12.0 Å². The van der Waals surface area contributed by atoms with Crippen LogP contribution in [-0.4, -0.2) is 28.6 Å². The molecule has 0 amide bonds. The summed E-state index contributed by atoms with van der Waals surface area (Å²) in [4.78, 5) is 0. The highest BCUT2D eigenvalue weighted by atomic mass is 19.1. The minimum Gasteiger partial charge on any atom is -0.494 e. The Balaban J connectivity index is 1.73. The van der Waals surface area contributed by atoms with Gasteiger partial charge in [-0.25, -0.2) is 4.39 Å². The summed E-state index contributed by atoms with van der Waals surface area (Å²) in [6.07, 6.45) is 4.38. The number of methoxy groups -OCH3 is 1. The van der Waals surface area contributed by atoms with Gasteiger partial charge in [-0.1, -0.05) is 17.3 Å². The van der Waals surface area contributed by atoms with Crippen LogP contribution < -0.4 is 10.1 Å². The lowest BCUT2D eigenvalue weighted by molar-refractivity contribution is 0.383. The fourth-order valence-electron chi connectivity index (χ4n) is 1.79. The maximum absolute atomic E-state index is 13.8. The van der Waals surface area contributed by atoms with Gasteiger partial charge in [0.25, 0.3) is 0 Å². The zero-order valence-corrected chi connectivity index (χ0v) is 10.8. The summed E-state index contributed by atoms with van der Waals surface area (Å²) in [6.45, 7) is 2.07. The Morgan fingerprint density at radius 3 is 3.05 bits per heavy atom. The minimum absolute atomic E-state index is 0.280. The second-order valence-corrected chi connectivity index (χ2v) is 4.13. The van der Waals surface area contributed by atoms with E-state index in [1.807, 2.05) is 6.20 Å². The average Bonchev–Trinajstić information content (AvgIpc) is 2.93. The van der Waals surface area contributed by atoms with Crippen LogP contribution in [0.4, 0.5) is 4.39 Å². The van der Waals surface area contributed by atoms with E-state index in [0.717, 1.165) is 19.5 Å². The molecule has 0 aliphatic rings. The molecule has 0 saturated heterocycles. The highest BCUT2D eigenvalue weighted by Crippen LogP contribution is 2.19. The van der Waals surface area contributed by atoms with E-state index in [1.54, 1.807) is 29.1 Å². The van der Waals surface area contributed by atoms with Crippen LogP contribution >= 0.6 is 0 Å². The predicted molar refractivity (Wildman–Crippen MR) is 69.3 cm³/mol. The Morgan fingerprint density at radius 2 is 2.32 bits per heavy atom. The Hall–Kier alpha value is -1.95. The molecule has 0 fully saturated rings. The Labute approximate surface area is 111 Å². The van der Waals surface area contributed by atoms with E-state index in [-0.39, 0.29) is 11.6 Å². The monoisotopic (exact) mass is 264 g/mol. The molecule has 1 aromatic carbocycles. The quantitative estimate of drug-likeness (QED) is 0.772. The molecule has 2 rings (SSSR count). The predicted octanol–water partition coefficient (Wildman–Crippen LogP) is 1.61. The summed E-state index contributed by atoms with van der Waals surface area (Å²) in [7, 11) is 1.47. The van der Waals surface area contributed by atoms with Crippen molar-refractivity contribution in [2.45, 2.75) is 19.5 Å². The van der Waals surface area contributed by atoms with Crippen LogP contribution in [0.5, 0.6) is 5.75 Å². The third kappa shape index (κ3) is 3.75. The molecule has 0 aliphatic carbocycles. The van der Waals surface area contributed by atoms with Crippen LogP contribution in [0.2, 0.25) is 0 Å². The van der Waals surface area contributed by atoms with Gasteiger partial charge in [0.15, 0.2) is 11.6 Å². The SMILES string of the molecule is COc1cccc(CNCCCn2ccnn2)c1F. The second-order valence-electron chi connectivity index (χ2n) is 4.13. The first-order chi connectivity index (χ1) is 9.31. The topological polar surface area (TPSA) is 52.0 Å². The number of rotatable bonds is 7. The molecule has 6 heteroatoms. The van der Waals surface area contributed by atoms with Gasteiger partial charge in [0, 0.05) is 24.8 Å². The maximum atomic E-state index is 13.8. The van der Waals surface area contributed by atoms with Gasteiger partial charge < -0.3 is 10.1 Å². The van der Waals surface area contributed by atoms with Crippen molar-refractivity contribution in [3.8, 4) is 5.75 Å². The van der Waals surface area contributed by atoms with E-state index < -0.39 is 0 Å². The van der Waals surface area contributed by atoms with E-state index in [9.17, 15) is 4.39 Å². The largest absolute Gasteiger partial charge is 0.494 e. The first-order valence-corrected chi connectivity index (χ1v) is 6.17. The highest BCUT2D eigenvalue weighted by molar-refractivity contribution is 5.30. The van der Waals surface area contributed by atoms with Crippen molar-refractivity contribution in [2.75, 3.05) is 13.7 Å². The summed E-state index contributed by atoms with van der Waals surface area (Å²) in [5.41, 5.74) is 0.611. The molecule has 0 spiro atoms. The van der Waals surface area contributed by atoms with Crippen LogP contribution in [-0.2, 0) is 13.1 Å². The third-order valence-corrected chi connectivity index (χ3v) is 2.79. The Bertz CT molecular complexity index is 501. The summed E-state index contributed by atoms with van der Waals surface area (Å²) in [6, 6.07) is 5.15. The van der Waals surface area contributed by atoms with Crippen LogP contribution in [0.25, 0.3) is 0 Å². The van der Waals surface area contributed by atoms with Crippen molar-refractivity contribution in [2.24, 2.45) is 0 Å². The minimum atomic E-state index is -0.297. The normalized spacial score (nSPS) is 10.6. The van der Waals surface area contributed by atoms with E-state index >= 15 is 0 Å². The van der Waals surface area contributed by atoms with Gasteiger partial charge in [0.2, 0.25) is 0 Å². The summed E-state index contributed by atoms with van der Waals surface area (Å²) >= 11 is 0. The third-order valence-electron chi connectivity index (χ3n) is 2.79. The van der Waals surface area contributed by atoms with Crippen molar-refractivity contribution in [3.05, 3.63) is 42.0 Å². The van der Waals surface area contributed by atoms with Crippen LogP contribution in [0, 0.1) is 5.82 Å². The average molecular weight is 264 g/mol. The number of nitrogens with zero attached hydrogens (tertiary/aromatic N) is 3. The molecular weight excluding hydrogens is 247 g/mol. The van der Waals surface area contributed by atoms with Crippen LogP contribution in [0.3, 0.4) is 0 Å². The molecule has 19 heavy (non-hydrogen) atoms. The first kappa shape index (κ1) is 13.5. The molecule has 0 unspecified atom stereocenters. The fourth-order valence-corrected chi connectivity index (χ4v) is 1.79. The molecule has 0 radical (unpaired) electrons. The molecule has 0 aliphatic heterocycles. The zero-order chi connectivity index (χ0) is 13.5. The molecule has 1 N–H and O–H groups in total. The van der Waals surface area contributed by atoms with Gasteiger partial charge in [0.1, 0.15) is 0 Å². The fraction of sp³-hybridized carbons (Fsp3) is 0.385. The molecule has 102 valence electrons. The molecule has 2 aromatic rings. The van der Waals surface area contributed by atoms with Crippen LogP contribution in [0.15, 0.2) is 30.6 Å². The summed E-state index contributed by atoms with van der Waals surface area (Å²) in [5, 5.41) is 10.8. The highest BCUT2D eigenvalue weighted by Gasteiger charge is 2.07. The Kier molecular flexibility index (Phi) is 4.85. The maximum Gasteiger partial charge on any atom is 0.169 e. The lowest BCUT2D eigenvalue weighted by atomic mass is 10.2. The Morgan fingerprint density at radius 1 is 1.42 bits per heavy atom. The van der Waals surface area contributed by atoms with Crippen molar-refractivity contribution in [1.29, 1.82) is 0 Å². The first-order valence-electron chi connectivity index (χ1n) is 6.17. The van der Waals surface area contributed by atoms with E-state index in [1.165, 1.54) is 7.11 Å². The number of hydrogen-bond donors (Lipinski definition) is 1. The smallest absolute Gasteiger partial charge is 0.169 e.